The third-order valence-corrected chi connectivity index (χ3v) is 4.61. The van der Waals surface area contributed by atoms with Crippen molar-refractivity contribution in [1.29, 1.82) is 0 Å². The van der Waals surface area contributed by atoms with E-state index in [4.69, 9.17) is 23.2 Å². The summed E-state index contributed by atoms with van der Waals surface area (Å²) in [5.41, 5.74) is 1.31. The number of anilines is 1. The van der Waals surface area contributed by atoms with Crippen LogP contribution in [0.2, 0.25) is 9.36 Å². The molecule has 3 nitrogen and oxygen atoms in total. The van der Waals surface area contributed by atoms with Crippen LogP contribution >= 0.6 is 34.5 Å². The maximum absolute atomic E-state index is 12.4. The quantitative estimate of drug-likeness (QED) is 0.804. The van der Waals surface area contributed by atoms with Gasteiger partial charge in [-0.15, -0.1) is 11.3 Å². The number of benzene rings is 1. The highest BCUT2D eigenvalue weighted by Gasteiger charge is 2.16. The van der Waals surface area contributed by atoms with E-state index in [1.807, 2.05) is 32.0 Å². The lowest BCUT2D eigenvalue weighted by molar-refractivity contribution is 0.0941. The summed E-state index contributed by atoms with van der Waals surface area (Å²) in [5, 5.41) is 6.67. The Morgan fingerprint density at radius 2 is 2.05 bits per heavy atom. The molecule has 0 radical (unpaired) electrons. The molecule has 1 heterocycles. The Bertz CT molecular complexity index is 642. The maximum atomic E-state index is 12.4. The van der Waals surface area contributed by atoms with E-state index in [-0.39, 0.29) is 11.9 Å². The van der Waals surface area contributed by atoms with Gasteiger partial charge in [0.1, 0.15) is 0 Å². The molecular formula is C15H16Cl2N2OS. The fourth-order valence-electron chi connectivity index (χ4n) is 1.96. The molecule has 0 aliphatic carbocycles. The number of halogens is 2. The largest absolute Gasteiger partial charge is 0.385 e. The van der Waals surface area contributed by atoms with Crippen molar-refractivity contribution in [3.63, 3.8) is 0 Å². The molecule has 1 unspecified atom stereocenters. The van der Waals surface area contributed by atoms with Crippen LogP contribution in [0.3, 0.4) is 0 Å². The lowest BCUT2D eigenvalue weighted by atomic mass is 10.1. The fourth-order valence-corrected chi connectivity index (χ4v) is 3.19. The minimum atomic E-state index is -0.162. The second kappa shape index (κ2) is 7.16. The van der Waals surface area contributed by atoms with Crippen LogP contribution in [-0.4, -0.2) is 12.5 Å². The second-order valence-electron chi connectivity index (χ2n) is 4.56. The van der Waals surface area contributed by atoms with Crippen molar-refractivity contribution in [3.8, 4) is 0 Å². The first kappa shape index (κ1) is 16.1. The van der Waals surface area contributed by atoms with Crippen molar-refractivity contribution >= 4 is 46.1 Å². The molecule has 0 fully saturated rings. The van der Waals surface area contributed by atoms with Crippen LogP contribution in [0, 0.1) is 0 Å². The fraction of sp³-hybridized carbons (Fsp3) is 0.267. The number of thiophene rings is 1. The second-order valence-corrected chi connectivity index (χ2v) is 6.74. The molecule has 2 rings (SSSR count). The summed E-state index contributed by atoms with van der Waals surface area (Å²) in [6, 6.07) is 8.88. The van der Waals surface area contributed by atoms with E-state index in [1.165, 1.54) is 11.3 Å². The SMILES string of the molecule is CCNc1ccc(Cl)cc1C(=O)NC(C)c1ccc(Cl)s1. The molecule has 0 aliphatic heterocycles. The van der Waals surface area contributed by atoms with Gasteiger partial charge in [-0.1, -0.05) is 23.2 Å². The molecule has 0 aliphatic rings. The molecular weight excluding hydrogens is 327 g/mol. The summed E-state index contributed by atoms with van der Waals surface area (Å²) >= 11 is 13.4. The van der Waals surface area contributed by atoms with Gasteiger partial charge in [-0.3, -0.25) is 4.79 Å². The van der Waals surface area contributed by atoms with Crippen molar-refractivity contribution in [1.82, 2.24) is 5.32 Å². The lowest BCUT2D eigenvalue weighted by Gasteiger charge is -2.15. The zero-order valence-electron chi connectivity index (χ0n) is 11.7. The Hall–Kier alpha value is -1.23. The first-order valence-corrected chi connectivity index (χ1v) is 8.18. The van der Waals surface area contributed by atoms with Gasteiger partial charge >= 0.3 is 0 Å². The van der Waals surface area contributed by atoms with Gasteiger partial charge in [0.15, 0.2) is 0 Å². The Morgan fingerprint density at radius 1 is 1.29 bits per heavy atom. The number of hydrogen-bond donors (Lipinski definition) is 2. The monoisotopic (exact) mass is 342 g/mol. The summed E-state index contributed by atoms with van der Waals surface area (Å²) in [6.07, 6.45) is 0. The lowest BCUT2D eigenvalue weighted by Crippen LogP contribution is -2.27. The molecule has 1 amide bonds. The van der Waals surface area contributed by atoms with Gasteiger partial charge in [-0.05, 0) is 44.2 Å². The average molecular weight is 343 g/mol. The van der Waals surface area contributed by atoms with Gasteiger partial charge in [0.2, 0.25) is 0 Å². The smallest absolute Gasteiger partial charge is 0.253 e. The van der Waals surface area contributed by atoms with Crippen LogP contribution in [-0.2, 0) is 0 Å². The summed E-state index contributed by atoms with van der Waals surface area (Å²) in [5.74, 6) is -0.162. The van der Waals surface area contributed by atoms with Crippen LogP contribution in [0.15, 0.2) is 30.3 Å². The van der Waals surface area contributed by atoms with Crippen LogP contribution in [0.25, 0.3) is 0 Å². The van der Waals surface area contributed by atoms with E-state index in [1.54, 1.807) is 12.1 Å². The van der Waals surface area contributed by atoms with Crippen molar-refractivity contribution in [2.75, 3.05) is 11.9 Å². The topological polar surface area (TPSA) is 41.1 Å². The molecule has 21 heavy (non-hydrogen) atoms. The van der Waals surface area contributed by atoms with E-state index >= 15 is 0 Å². The maximum Gasteiger partial charge on any atom is 0.253 e. The molecule has 0 saturated carbocycles. The summed E-state index contributed by atoms with van der Waals surface area (Å²) < 4.78 is 0.710. The van der Waals surface area contributed by atoms with E-state index in [0.29, 0.717) is 14.9 Å². The highest BCUT2D eigenvalue weighted by atomic mass is 35.5. The van der Waals surface area contributed by atoms with Gasteiger partial charge < -0.3 is 10.6 Å². The molecule has 2 N–H and O–H groups in total. The Labute approximate surface area is 138 Å². The van der Waals surface area contributed by atoms with Gasteiger partial charge in [-0.2, -0.15) is 0 Å². The predicted molar refractivity (Wildman–Crippen MR) is 90.8 cm³/mol. The third kappa shape index (κ3) is 4.13. The Kier molecular flexibility index (Phi) is 5.51. The summed E-state index contributed by atoms with van der Waals surface area (Å²) in [6.45, 7) is 4.64. The molecule has 2 aromatic rings. The molecule has 0 bridgehead atoms. The number of rotatable bonds is 5. The zero-order chi connectivity index (χ0) is 15.4. The standard InChI is InChI=1S/C15H16Cl2N2OS/c1-3-18-12-5-4-10(16)8-11(12)15(20)19-9(2)13-6-7-14(17)21-13/h4-9,18H,3H2,1-2H3,(H,19,20). The molecule has 0 saturated heterocycles. The summed E-state index contributed by atoms with van der Waals surface area (Å²) in [4.78, 5) is 13.5. The van der Waals surface area contributed by atoms with Crippen molar-refractivity contribution < 1.29 is 4.79 Å². The van der Waals surface area contributed by atoms with Crippen LogP contribution < -0.4 is 10.6 Å². The molecule has 1 atom stereocenters. The number of carbonyl (C=O) groups is 1. The van der Waals surface area contributed by atoms with E-state index < -0.39 is 0 Å². The normalized spacial score (nSPS) is 12.0. The van der Waals surface area contributed by atoms with E-state index in [9.17, 15) is 4.79 Å². The number of nitrogens with one attached hydrogen (secondary N) is 2. The first-order chi connectivity index (χ1) is 10.0. The van der Waals surface area contributed by atoms with Gasteiger partial charge in [0, 0.05) is 22.1 Å². The molecule has 1 aromatic heterocycles. The van der Waals surface area contributed by atoms with Crippen molar-refractivity contribution in [2.45, 2.75) is 19.9 Å². The predicted octanol–water partition coefficient (Wildman–Crippen LogP) is 4.98. The number of carbonyl (C=O) groups excluding carboxylic acids is 1. The Morgan fingerprint density at radius 3 is 2.67 bits per heavy atom. The van der Waals surface area contributed by atoms with Crippen LogP contribution in [0.4, 0.5) is 5.69 Å². The first-order valence-electron chi connectivity index (χ1n) is 6.60. The van der Waals surface area contributed by atoms with Crippen molar-refractivity contribution in [3.05, 3.63) is 50.1 Å². The molecule has 6 heteroatoms. The molecule has 112 valence electrons. The number of amides is 1. The summed E-state index contributed by atoms with van der Waals surface area (Å²) in [7, 11) is 0. The van der Waals surface area contributed by atoms with E-state index in [0.717, 1.165) is 17.1 Å². The van der Waals surface area contributed by atoms with Crippen molar-refractivity contribution in [2.24, 2.45) is 0 Å². The van der Waals surface area contributed by atoms with Gasteiger partial charge in [0.25, 0.3) is 5.91 Å². The highest BCUT2D eigenvalue weighted by Crippen LogP contribution is 2.27. The highest BCUT2D eigenvalue weighted by molar-refractivity contribution is 7.16. The molecule has 1 aromatic carbocycles. The van der Waals surface area contributed by atoms with E-state index in [2.05, 4.69) is 10.6 Å². The van der Waals surface area contributed by atoms with Gasteiger partial charge in [0.05, 0.1) is 15.9 Å². The van der Waals surface area contributed by atoms with Gasteiger partial charge in [-0.25, -0.2) is 0 Å². The van der Waals surface area contributed by atoms with Crippen LogP contribution in [0.5, 0.6) is 0 Å². The minimum Gasteiger partial charge on any atom is -0.385 e. The Balaban J connectivity index is 2.18. The third-order valence-electron chi connectivity index (χ3n) is 2.96. The zero-order valence-corrected chi connectivity index (χ0v) is 14.1. The van der Waals surface area contributed by atoms with Crippen LogP contribution in [0.1, 0.15) is 35.1 Å². The minimum absolute atomic E-state index is 0.108. The molecule has 0 spiro atoms. The number of hydrogen-bond acceptors (Lipinski definition) is 3. The average Bonchev–Trinajstić information content (AvgIpc) is 2.87.